The molecule has 1 heterocycles. The van der Waals surface area contributed by atoms with Crippen molar-refractivity contribution in [3.8, 4) is 5.75 Å². The highest BCUT2D eigenvalue weighted by molar-refractivity contribution is 5.59. The second kappa shape index (κ2) is 4.49. The summed E-state index contributed by atoms with van der Waals surface area (Å²) in [7, 11) is 0. The molecule has 17 heavy (non-hydrogen) atoms. The molecule has 1 aromatic heterocycles. The van der Waals surface area contributed by atoms with Crippen LogP contribution in [0.1, 0.15) is 22.5 Å². The van der Waals surface area contributed by atoms with E-state index in [9.17, 15) is 5.11 Å². The predicted molar refractivity (Wildman–Crippen MR) is 68.2 cm³/mol. The molecular formula is C13H17N3O. The van der Waals surface area contributed by atoms with Crippen molar-refractivity contribution in [3.05, 3.63) is 41.0 Å². The zero-order valence-electron chi connectivity index (χ0n) is 10.3. The van der Waals surface area contributed by atoms with E-state index in [0.717, 1.165) is 28.2 Å². The van der Waals surface area contributed by atoms with E-state index < -0.39 is 0 Å². The van der Waals surface area contributed by atoms with Gasteiger partial charge in [-0.05, 0) is 32.4 Å². The van der Waals surface area contributed by atoms with Gasteiger partial charge in [0.2, 0.25) is 0 Å². The topological polar surface area (TPSA) is 60.9 Å². The quantitative estimate of drug-likeness (QED) is 0.761. The Balaban J connectivity index is 2.15. The number of rotatable bonds is 3. The highest BCUT2D eigenvalue weighted by atomic mass is 16.3. The number of aromatic amines is 1. The highest BCUT2D eigenvalue weighted by Crippen LogP contribution is 2.28. The molecule has 2 aromatic rings. The largest absolute Gasteiger partial charge is 0.507 e. The molecule has 0 aliphatic heterocycles. The van der Waals surface area contributed by atoms with Crippen LogP contribution >= 0.6 is 0 Å². The fourth-order valence-electron chi connectivity index (χ4n) is 1.77. The molecule has 0 fully saturated rings. The monoisotopic (exact) mass is 231 g/mol. The van der Waals surface area contributed by atoms with Crippen molar-refractivity contribution in [2.75, 3.05) is 5.32 Å². The summed E-state index contributed by atoms with van der Waals surface area (Å²) in [4.78, 5) is 7.26. The maximum absolute atomic E-state index is 9.84. The number of phenolic OH excluding ortho intramolecular Hbond substituents is 1. The van der Waals surface area contributed by atoms with Crippen LogP contribution < -0.4 is 5.32 Å². The number of phenols is 1. The molecule has 0 atom stereocenters. The molecule has 90 valence electrons. The van der Waals surface area contributed by atoms with Gasteiger partial charge in [0.05, 0.1) is 18.6 Å². The minimum absolute atomic E-state index is 0.355. The first-order chi connectivity index (χ1) is 8.09. The van der Waals surface area contributed by atoms with E-state index in [1.54, 1.807) is 6.33 Å². The molecule has 0 spiro atoms. The Labute approximate surface area is 101 Å². The number of aryl methyl sites for hydroxylation is 2. The third-order valence-corrected chi connectivity index (χ3v) is 3.01. The summed E-state index contributed by atoms with van der Waals surface area (Å²) < 4.78 is 0. The van der Waals surface area contributed by atoms with Crippen molar-refractivity contribution >= 4 is 5.69 Å². The molecule has 4 heteroatoms. The number of imidazole rings is 1. The summed E-state index contributed by atoms with van der Waals surface area (Å²) in [6, 6.07) is 3.88. The first-order valence-electron chi connectivity index (χ1n) is 5.61. The van der Waals surface area contributed by atoms with E-state index in [1.165, 1.54) is 0 Å². The Morgan fingerprint density at radius 3 is 2.71 bits per heavy atom. The second-order valence-electron chi connectivity index (χ2n) is 4.23. The normalized spacial score (nSPS) is 10.5. The van der Waals surface area contributed by atoms with Gasteiger partial charge in [0.25, 0.3) is 0 Å². The Morgan fingerprint density at radius 1 is 1.29 bits per heavy atom. The van der Waals surface area contributed by atoms with Crippen LogP contribution in [0, 0.1) is 20.8 Å². The van der Waals surface area contributed by atoms with E-state index in [1.807, 2.05) is 32.9 Å². The lowest BCUT2D eigenvalue weighted by Gasteiger charge is -2.11. The van der Waals surface area contributed by atoms with Gasteiger partial charge in [-0.1, -0.05) is 6.07 Å². The van der Waals surface area contributed by atoms with Crippen molar-refractivity contribution < 1.29 is 5.11 Å². The number of hydrogen-bond donors (Lipinski definition) is 3. The SMILES string of the molecule is Cc1ccc(NCc2nc[nH]c2C)c(C)c1O. The third-order valence-electron chi connectivity index (χ3n) is 3.01. The first kappa shape index (κ1) is 11.5. The summed E-state index contributed by atoms with van der Waals surface area (Å²) in [6.07, 6.45) is 1.69. The number of hydrogen-bond acceptors (Lipinski definition) is 3. The number of H-pyrrole nitrogens is 1. The average Bonchev–Trinajstić information content (AvgIpc) is 2.71. The highest BCUT2D eigenvalue weighted by Gasteiger charge is 2.07. The number of nitrogens with one attached hydrogen (secondary N) is 2. The van der Waals surface area contributed by atoms with Crippen molar-refractivity contribution in [1.82, 2.24) is 9.97 Å². The molecule has 0 aliphatic rings. The van der Waals surface area contributed by atoms with E-state index in [0.29, 0.717) is 12.3 Å². The van der Waals surface area contributed by atoms with Crippen LogP contribution in [0.5, 0.6) is 5.75 Å². The smallest absolute Gasteiger partial charge is 0.123 e. The molecule has 0 aliphatic carbocycles. The van der Waals surface area contributed by atoms with Crippen LogP contribution in [0.25, 0.3) is 0 Å². The Hall–Kier alpha value is -1.97. The van der Waals surface area contributed by atoms with Gasteiger partial charge >= 0.3 is 0 Å². The summed E-state index contributed by atoms with van der Waals surface area (Å²) in [5.74, 6) is 0.355. The van der Waals surface area contributed by atoms with Gasteiger partial charge in [-0.3, -0.25) is 0 Å². The van der Waals surface area contributed by atoms with Crippen LogP contribution in [0.2, 0.25) is 0 Å². The number of aromatic nitrogens is 2. The van der Waals surface area contributed by atoms with Gasteiger partial charge in [0.1, 0.15) is 5.75 Å². The molecule has 0 saturated carbocycles. The van der Waals surface area contributed by atoms with Crippen molar-refractivity contribution in [3.63, 3.8) is 0 Å². The molecule has 3 N–H and O–H groups in total. The lowest BCUT2D eigenvalue weighted by molar-refractivity contribution is 0.467. The van der Waals surface area contributed by atoms with Gasteiger partial charge < -0.3 is 15.4 Å². The molecule has 0 saturated heterocycles. The first-order valence-corrected chi connectivity index (χ1v) is 5.61. The molecule has 0 bridgehead atoms. The van der Waals surface area contributed by atoms with Crippen LogP contribution in [0.15, 0.2) is 18.5 Å². The molecule has 4 nitrogen and oxygen atoms in total. The average molecular weight is 231 g/mol. The lowest BCUT2D eigenvalue weighted by atomic mass is 10.1. The van der Waals surface area contributed by atoms with Gasteiger partial charge in [-0.2, -0.15) is 0 Å². The number of anilines is 1. The second-order valence-corrected chi connectivity index (χ2v) is 4.23. The Kier molecular flexibility index (Phi) is 3.04. The molecule has 0 unspecified atom stereocenters. The Morgan fingerprint density at radius 2 is 2.06 bits per heavy atom. The summed E-state index contributed by atoms with van der Waals surface area (Å²) >= 11 is 0. The van der Waals surface area contributed by atoms with E-state index in [2.05, 4.69) is 15.3 Å². The molecule has 2 rings (SSSR count). The lowest BCUT2D eigenvalue weighted by Crippen LogP contribution is -2.03. The predicted octanol–water partition coefficient (Wildman–Crippen LogP) is 2.65. The van der Waals surface area contributed by atoms with E-state index >= 15 is 0 Å². The zero-order chi connectivity index (χ0) is 12.4. The third kappa shape index (κ3) is 2.25. The van der Waals surface area contributed by atoms with E-state index in [-0.39, 0.29) is 0 Å². The minimum atomic E-state index is 0.355. The van der Waals surface area contributed by atoms with E-state index in [4.69, 9.17) is 0 Å². The fourth-order valence-corrected chi connectivity index (χ4v) is 1.77. The standard InChI is InChI=1S/C13H17N3O/c1-8-4-5-11(9(2)13(8)17)14-6-12-10(3)15-7-16-12/h4-5,7,14,17H,6H2,1-3H3,(H,15,16). The van der Waals surface area contributed by atoms with Gasteiger partial charge in [-0.15, -0.1) is 0 Å². The van der Waals surface area contributed by atoms with Crippen molar-refractivity contribution in [1.29, 1.82) is 0 Å². The van der Waals surface area contributed by atoms with Crippen LogP contribution in [-0.4, -0.2) is 15.1 Å². The molecular weight excluding hydrogens is 214 g/mol. The maximum atomic E-state index is 9.84. The number of aromatic hydroxyl groups is 1. The Bertz CT molecular complexity index is 531. The maximum Gasteiger partial charge on any atom is 0.123 e. The summed E-state index contributed by atoms with van der Waals surface area (Å²) in [5.41, 5.74) is 4.76. The number of nitrogens with zero attached hydrogens (tertiary/aromatic N) is 1. The van der Waals surface area contributed by atoms with Gasteiger partial charge in [0, 0.05) is 16.9 Å². The van der Waals surface area contributed by atoms with Crippen molar-refractivity contribution in [2.45, 2.75) is 27.3 Å². The zero-order valence-corrected chi connectivity index (χ0v) is 10.3. The minimum Gasteiger partial charge on any atom is -0.507 e. The molecule has 0 radical (unpaired) electrons. The van der Waals surface area contributed by atoms with Gasteiger partial charge in [-0.25, -0.2) is 4.98 Å². The fraction of sp³-hybridized carbons (Fsp3) is 0.308. The molecule has 1 aromatic carbocycles. The number of benzene rings is 1. The van der Waals surface area contributed by atoms with Crippen molar-refractivity contribution in [2.24, 2.45) is 0 Å². The van der Waals surface area contributed by atoms with Gasteiger partial charge in [0.15, 0.2) is 0 Å². The summed E-state index contributed by atoms with van der Waals surface area (Å²) in [5, 5.41) is 13.1. The van der Waals surface area contributed by atoms with Crippen LogP contribution in [0.4, 0.5) is 5.69 Å². The van der Waals surface area contributed by atoms with Crippen LogP contribution in [-0.2, 0) is 6.54 Å². The molecule has 0 amide bonds. The van der Waals surface area contributed by atoms with Crippen LogP contribution in [0.3, 0.4) is 0 Å². The summed E-state index contributed by atoms with van der Waals surface area (Å²) in [6.45, 7) is 6.44.